The number of aromatic nitrogens is 2. The third kappa shape index (κ3) is 2.60. The lowest BCUT2D eigenvalue weighted by atomic mass is 10.2. The summed E-state index contributed by atoms with van der Waals surface area (Å²) in [5, 5.41) is 2.03. The molecule has 2 atom stereocenters. The smallest absolute Gasteiger partial charge is 0.263 e. The zero-order chi connectivity index (χ0) is 13.9. The third-order valence-electron chi connectivity index (χ3n) is 3.40. The summed E-state index contributed by atoms with van der Waals surface area (Å²) >= 11 is 1.66. The van der Waals surface area contributed by atoms with Gasteiger partial charge in [0, 0.05) is 12.4 Å². The van der Waals surface area contributed by atoms with Crippen LogP contribution in [-0.4, -0.2) is 27.7 Å². The summed E-state index contributed by atoms with van der Waals surface area (Å²) in [6.07, 6.45) is 4.86. The van der Waals surface area contributed by atoms with Crippen LogP contribution >= 0.6 is 11.3 Å². The summed E-state index contributed by atoms with van der Waals surface area (Å²) in [5.41, 5.74) is 2.14. The summed E-state index contributed by atoms with van der Waals surface area (Å²) in [5.74, 6) is 5.82. The lowest BCUT2D eigenvalue weighted by Gasteiger charge is -2.14. The van der Waals surface area contributed by atoms with Crippen LogP contribution in [0, 0.1) is 0 Å². The van der Waals surface area contributed by atoms with Crippen molar-refractivity contribution in [3.63, 3.8) is 0 Å². The predicted octanol–water partition coefficient (Wildman–Crippen LogP) is 1.15. The van der Waals surface area contributed by atoms with Crippen molar-refractivity contribution in [2.24, 2.45) is 5.84 Å². The number of carbonyl (C=O) groups excluding carboxylic acids is 1. The Labute approximate surface area is 120 Å². The molecule has 0 spiro atoms. The van der Waals surface area contributed by atoms with E-state index in [1.54, 1.807) is 17.5 Å². The van der Waals surface area contributed by atoms with Gasteiger partial charge >= 0.3 is 0 Å². The summed E-state index contributed by atoms with van der Waals surface area (Å²) in [6.45, 7) is 0.696. The molecule has 106 valence electrons. The minimum atomic E-state index is -0.432. The topological polar surface area (TPSA) is 82.2 Å². The van der Waals surface area contributed by atoms with Gasteiger partial charge in [-0.15, -0.1) is 11.3 Å². The fourth-order valence-corrected chi connectivity index (χ4v) is 3.17. The molecule has 1 amide bonds. The molecule has 1 fully saturated rings. The number of rotatable bonds is 4. The van der Waals surface area contributed by atoms with Gasteiger partial charge in [-0.1, -0.05) is 6.07 Å². The molecular weight excluding hydrogens is 276 g/mol. The maximum absolute atomic E-state index is 11.4. The van der Waals surface area contributed by atoms with Crippen LogP contribution in [0.25, 0.3) is 10.7 Å². The van der Waals surface area contributed by atoms with Crippen molar-refractivity contribution in [2.45, 2.75) is 31.6 Å². The van der Waals surface area contributed by atoms with Crippen LogP contribution in [0.15, 0.2) is 29.9 Å². The minimum Gasteiger partial charge on any atom is -0.363 e. The van der Waals surface area contributed by atoms with Crippen LogP contribution in [0.3, 0.4) is 0 Å². The van der Waals surface area contributed by atoms with Crippen molar-refractivity contribution in [1.82, 2.24) is 15.0 Å². The Balaban J connectivity index is 1.68. The second kappa shape index (κ2) is 5.74. The zero-order valence-corrected chi connectivity index (χ0v) is 11.7. The first kappa shape index (κ1) is 13.3. The number of amides is 1. The van der Waals surface area contributed by atoms with E-state index in [-0.39, 0.29) is 12.0 Å². The Morgan fingerprint density at radius 1 is 1.60 bits per heavy atom. The molecular formula is C13H16N4O2S. The number of nitrogens with zero attached hydrogens (tertiary/aromatic N) is 2. The van der Waals surface area contributed by atoms with Crippen LogP contribution in [0.5, 0.6) is 0 Å². The van der Waals surface area contributed by atoms with Gasteiger partial charge in [0.05, 0.1) is 17.5 Å². The first-order valence-corrected chi connectivity index (χ1v) is 7.37. The molecule has 2 aromatic rings. The van der Waals surface area contributed by atoms with E-state index in [1.807, 2.05) is 23.7 Å². The number of nitrogens with one attached hydrogen (secondary N) is 1. The van der Waals surface area contributed by atoms with Gasteiger partial charge in [-0.3, -0.25) is 10.2 Å². The average molecular weight is 292 g/mol. The van der Waals surface area contributed by atoms with Gasteiger partial charge in [0.15, 0.2) is 0 Å². The fourth-order valence-electron chi connectivity index (χ4n) is 2.43. The number of imidazole rings is 1. The highest BCUT2D eigenvalue weighted by Crippen LogP contribution is 2.26. The van der Waals surface area contributed by atoms with E-state index in [0.29, 0.717) is 13.0 Å². The molecule has 1 aliphatic heterocycles. The highest BCUT2D eigenvalue weighted by Gasteiger charge is 2.30. The van der Waals surface area contributed by atoms with E-state index in [0.717, 1.165) is 17.1 Å². The molecule has 1 aliphatic rings. The number of thiophene rings is 1. The lowest BCUT2D eigenvalue weighted by Crippen LogP contribution is -2.39. The first-order valence-electron chi connectivity index (χ1n) is 6.49. The van der Waals surface area contributed by atoms with Crippen molar-refractivity contribution in [2.75, 3.05) is 0 Å². The van der Waals surface area contributed by atoms with Crippen LogP contribution in [-0.2, 0) is 16.1 Å². The van der Waals surface area contributed by atoms with Gasteiger partial charge in [0.25, 0.3) is 5.91 Å². The standard InChI is InChI=1S/C13H16N4O2S/c14-16-13(18)10-4-3-9(19-10)8-17-6-5-15-12(17)11-2-1-7-20-11/h1-2,5-7,9-10H,3-4,8,14H2,(H,16,18). The molecule has 3 heterocycles. The summed E-state index contributed by atoms with van der Waals surface area (Å²) in [6, 6.07) is 4.05. The van der Waals surface area contributed by atoms with Gasteiger partial charge in [-0.25, -0.2) is 10.8 Å². The highest BCUT2D eigenvalue weighted by molar-refractivity contribution is 7.13. The van der Waals surface area contributed by atoms with Crippen LogP contribution in [0.4, 0.5) is 0 Å². The Morgan fingerprint density at radius 3 is 3.25 bits per heavy atom. The molecule has 2 unspecified atom stereocenters. The Morgan fingerprint density at radius 2 is 2.50 bits per heavy atom. The first-order chi connectivity index (χ1) is 9.78. The molecule has 1 saturated heterocycles. The summed E-state index contributed by atoms with van der Waals surface area (Å²) in [7, 11) is 0. The molecule has 2 aromatic heterocycles. The predicted molar refractivity (Wildman–Crippen MR) is 75.8 cm³/mol. The maximum Gasteiger partial charge on any atom is 0.263 e. The van der Waals surface area contributed by atoms with Crippen molar-refractivity contribution < 1.29 is 9.53 Å². The van der Waals surface area contributed by atoms with Crippen molar-refractivity contribution in [3.05, 3.63) is 29.9 Å². The minimum absolute atomic E-state index is 0.0187. The van der Waals surface area contributed by atoms with Gasteiger partial charge in [0.2, 0.25) is 0 Å². The van der Waals surface area contributed by atoms with E-state index in [1.165, 1.54) is 0 Å². The highest BCUT2D eigenvalue weighted by atomic mass is 32.1. The molecule has 0 radical (unpaired) electrons. The number of hydrazine groups is 1. The van der Waals surface area contributed by atoms with E-state index in [4.69, 9.17) is 10.6 Å². The lowest BCUT2D eigenvalue weighted by molar-refractivity contribution is -0.132. The number of nitrogens with two attached hydrogens (primary N) is 1. The summed E-state index contributed by atoms with van der Waals surface area (Å²) in [4.78, 5) is 17.0. The van der Waals surface area contributed by atoms with Crippen molar-refractivity contribution in [1.29, 1.82) is 0 Å². The third-order valence-corrected chi connectivity index (χ3v) is 4.27. The second-order valence-corrected chi connectivity index (χ2v) is 5.66. The van der Waals surface area contributed by atoms with E-state index < -0.39 is 6.10 Å². The zero-order valence-electron chi connectivity index (χ0n) is 10.9. The number of carbonyl (C=O) groups is 1. The summed E-state index contributed by atoms with van der Waals surface area (Å²) < 4.78 is 7.79. The number of hydrogen-bond acceptors (Lipinski definition) is 5. The average Bonchev–Trinajstić information content (AvgIpc) is 3.18. The number of ether oxygens (including phenoxy) is 1. The molecule has 3 N–H and O–H groups in total. The van der Waals surface area contributed by atoms with Crippen LogP contribution in [0.2, 0.25) is 0 Å². The van der Waals surface area contributed by atoms with Gasteiger partial charge in [0.1, 0.15) is 11.9 Å². The molecule has 3 rings (SSSR count). The maximum atomic E-state index is 11.4. The normalized spacial score (nSPS) is 22.1. The molecule has 0 aromatic carbocycles. The Hall–Kier alpha value is -1.70. The van der Waals surface area contributed by atoms with Gasteiger partial charge in [-0.05, 0) is 24.3 Å². The van der Waals surface area contributed by atoms with Gasteiger partial charge in [-0.2, -0.15) is 0 Å². The van der Waals surface area contributed by atoms with Gasteiger partial charge < -0.3 is 9.30 Å². The molecule has 0 saturated carbocycles. The largest absolute Gasteiger partial charge is 0.363 e. The quantitative estimate of drug-likeness (QED) is 0.503. The Bertz CT molecular complexity index is 581. The second-order valence-electron chi connectivity index (χ2n) is 4.71. The monoisotopic (exact) mass is 292 g/mol. The number of hydrogen-bond donors (Lipinski definition) is 2. The molecule has 7 heteroatoms. The van der Waals surface area contributed by atoms with Crippen LogP contribution in [0.1, 0.15) is 12.8 Å². The van der Waals surface area contributed by atoms with E-state index >= 15 is 0 Å². The van der Waals surface area contributed by atoms with Crippen molar-refractivity contribution in [3.8, 4) is 10.7 Å². The molecule has 0 aliphatic carbocycles. The molecule has 6 nitrogen and oxygen atoms in total. The molecule has 0 bridgehead atoms. The fraction of sp³-hybridized carbons (Fsp3) is 0.385. The Kier molecular flexibility index (Phi) is 3.81. The SMILES string of the molecule is NNC(=O)C1CCC(Cn2ccnc2-c2cccs2)O1. The van der Waals surface area contributed by atoms with Crippen LogP contribution < -0.4 is 11.3 Å². The van der Waals surface area contributed by atoms with Crippen molar-refractivity contribution >= 4 is 17.2 Å². The van der Waals surface area contributed by atoms with E-state index in [2.05, 4.69) is 15.0 Å². The molecule has 20 heavy (non-hydrogen) atoms. The van der Waals surface area contributed by atoms with E-state index in [9.17, 15) is 4.79 Å².